The van der Waals surface area contributed by atoms with E-state index in [2.05, 4.69) is 10.5 Å². The third-order valence-corrected chi connectivity index (χ3v) is 2.87. The van der Waals surface area contributed by atoms with Crippen molar-refractivity contribution in [1.29, 1.82) is 0 Å². The molecule has 0 fully saturated rings. The van der Waals surface area contributed by atoms with Gasteiger partial charge in [-0.25, -0.2) is 5.43 Å². The summed E-state index contributed by atoms with van der Waals surface area (Å²) in [5, 5.41) is 13.5. The maximum absolute atomic E-state index is 11.9. The van der Waals surface area contributed by atoms with E-state index in [9.17, 15) is 9.90 Å². The van der Waals surface area contributed by atoms with Crippen molar-refractivity contribution in [3.63, 3.8) is 0 Å². The number of aryl methyl sites for hydroxylation is 2. The maximum Gasteiger partial charge on any atom is 0.274 e. The van der Waals surface area contributed by atoms with Crippen LogP contribution in [0.15, 0.2) is 33.8 Å². The Morgan fingerprint density at radius 3 is 2.71 bits per heavy atom. The summed E-state index contributed by atoms with van der Waals surface area (Å²) in [6.45, 7) is 3.49. The normalized spacial score (nSPS) is 10.8. The van der Waals surface area contributed by atoms with E-state index >= 15 is 0 Å². The zero-order valence-electron chi connectivity index (χ0n) is 12.0. The van der Waals surface area contributed by atoms with Crippen molar-refractivity contribution >= 4 is 12.1 Å². The summed E-state index contributed by atoms with van der Waals surface area (Å²) >= 11 is 0. The Hall–Kier alpha value is -2.76. The lowest BCUT2D eigenvalue weighted by atomic mass is 10.2. The lowest BCUT2D eigenvalue weighted by Gasteiger charge is -2.03. The fraction of sp³-hybridized carbons (Fsp3) is 0.200. The van der Waals surface area contributed by atoms with Crippen LogP contribution in [0.1, 0.15) is 27.4 Å². The minimum Gasteiger partial charge on any atom is -0.504 e. The molecule has 21 heavy (non-hydrogen) atoms. The molecule has 0 saturated carbocycles. The first-order chi connectivity index (χ1) is 10.0. The molecule has 0 aliphatic rings. The van der Waals surface area contributed by atoms with Gasteiger partial charge in [0.1, 0.15) is 11.5 Å². The molecule has 1 heterocycles. The van der Waals surface area contributed by atoms with Gasteiger partial charge in [-0.1, -0.05) is 0 Å². The lowest BCUT2D eigenvalue weighted by molar-refractivity contribution is 0.0953. The number of rotatable bonds is 4. The fourth-order valence-corrected chi connectivity index (χ4v) is 1.87. The highest BCUT2D eigenvalue weighted by molar-refractivity contribution is 5.95. The van der Waals surface area contributed by atoms with Crippen LogP contribution in [-0.2, 0) is 0 Å². The second-order valence-electron chi connectivity index (χ2n) is 4.46. The van der Waals surface area contributed by atoms with Crippen LogP contribution in [0.3, 0.4) is 0 Å². The SMILES string of the molecule is COc1ccc(/C=N/NC(=O)c2cc(C)oc2C)cc1O. The molecular formula is C15H16N2O4. The molecule has 6 heteroatoms. The Morgan fingerprint density at radius 1 is 1.38 bits per heavy atom. The number of benzene rings is 1. The van der Waals surface area contributed by atoms with Crippen molar-refractivity contribution in [1.82, 2.24) is 5.43 Å². The zero-order chi connectivity index (χ0) is 15.4. The van der Waals surface area contributed by atoms with Gasteiger partial charge in [0, 0.05) is 0 Å². The number of aromatic hydroxyl groups is 1. The number of amides is 1. The molecule has 0 radical (unpaired) electrons. The molecular weight excluding hydrogens is 272 g/mol. The summed E-state index contributed by atoms with van der Waals surface area (Å²) in [7, 11) is 1.47. The van der Waals surface area contributed by atoms with Gasteiger partial charge >= 0.3 is 0 Å². The molecule has 0 bridgehead atoms. The molecule has 110 valence electrons. The van der Waals surface area contributed by atoms with Crippen LogP contribution in [-0.4, -0.2) is 24.3 Å². The number of hydrazone groups is 1. The Bertz CT molecular complexity index is 689. The topological polar surface area (TPSA) is 84.1 Å². The van der Waals surface area contributed by atoms with Gasteiger partial charge in [0.25, 0.3) is 5.91 Å². The van der Waals surface area contributed by atoms with E-state index in [-0.39, 0.29) is 11.7 Å². The van der Waals surface area contributed by atoms with Gasteiger partial charge in [-0.3, -0.25) is 4.79 Å². The van der Waals surface area contributed by atoms with Gasteiger partial charge < -0.3 is 14.3 Å². The van der Waals surface area contributed by atoms with E-state index in [4.69, 9.17) is 9.15 Å². The number of carbonyl (C=O) groups excluding carboxylic acids is 1. The number of hydrogen-bond donors (Lipinski definition) is 2. The van der Waals surface area contributed by atoms with Crippen molar-refractivity contribution in [2.24, 2.45) is 5.10 Å². The number of methoxy groups -OCH3 is 1. The summed E-state index contributed by atoms with van der Waals surface area (Å²) < 4.78 is 10.2. The van der Waals surface area contributed by atoms with E-state index in [1.165, 1.54) is 19.4 Å². The molecule has 6 nitrogen and oxygen atoms in total. The minimum atomic E-state index is -0.349. The van der Waals surface area contributed by atoms with Crippen molar-refractivity contribution in [2.45, 2.75) is 13.8 Å². The second kappa shape index (κ2) is 6.13. The lowest BCUT2D eigenvalue weighted by Crippen LogP contribution is -2.17. The molecule has 2 rings (SSSR count). The Kier molecular flexibility index (Phi) is 4.27. The number of ether oxygens (including phenoxy) is 1. The number of phenols is 1. The number of nitrogens with one attached hydrogen (secondary N) is 1. The first kappa shape index (κ1) is 14.6. The highest BCUT2D eigenvalue weighted by Gasteiger charge is 2.12. The predicted molar refractivity (Wildman–Crippen MR) is 77.9 cm³/mol. The van der Waals surface area contributed by atoms with Crippen LogP contribution < -0.4 is 10.2 Å². The van der Waals surface area contributed by atoms with Crippen LogP contribution in [0.25, 0.3) is 0 Å². The largest absolute Gasteiger partial charge is 0.504 e. The summed E-state index contributed by atoms with van der Waals surface area (Å²) in [5.41, 5.74) is 3.49. The van der Waals surface area contributed by atoms with Crippen LogP contribution >= 0.6 is 0 Å². The van der Waals surface area contributed by atoms with E-state index in [0.717, 1.165) is 0 Å². The molecule has 1 amide bonds. The molecule has 2 N–H and O–H groups in total. The molecule has 2 aromatic rings. The third-order valence-electron chi connectivity index (χ3n) is 2.87. The van der Waals surface area contributed by atoms with Gasteiger partial charge in [-0.05, 0) is 43.7 Å². The number of phenolic OH excluding ortho intramolecular Hbond substituents is 1. The summed E-state index contributed by atoms with van der Waals surface area (Å²) in [4.78, 5) is 11.9. The van der Waals surface area contributed by atoms with E-state index in [1.807, 2.05) is 0 Å². The Morgan fingerprint density at radius 2 is 2.14 bits per heavy atom. The van der Waals surface area contributed by atoms with Gasteiger partial charge in [-0.15, -0.1) is 0 Å². The van der Waals surface area contributed by atoms with Gasteiger partial charge in [-0.2, -0.15) is 5.10 Å². The molecule has 1 aromatic carbocycles. The molecule has 1 aromatic heterocycles. The van der Waals surface area contributed by atoms with Crippen LogP contribution in [0.4, 0.5) is 0 Å². The second-order valence-corrected chi connectivity index (χ2v) is 4.46. The number of furan rings is 1. The summed E-state index contributed by atoms with van der Waals surface area (Å²) in [5.74, 6) is 1.25. The van der Waals surface area contributed by atoms with Gasteiger partial charge in [0.05, 0.1) is 18.9 Å². The average molecular weight is 288 g/mol. The maximum atomic E-state index is 11.9. The van der Waals surface area contributed by atoms with Crippen molar-refractivity contribution in [3.05, 3.63) is 46.9 Å². The number of hydrogen-bond acceptors (Lipinski definition) is 5. The molecule has 0 aliphatic heterocycles. The standard InChI is InChI=1S/C15H16N2O4/c1-9-6-12(10(2)21-9)15(19)17-16-8-11-4-5-14(20-3)13(18)7-11/h4-8,18H,1-3H3,(H,17,19)/b16-8+. The average Bonchev–Trinajstić information content (AvgIpc) is 2.78. The Balaban J connectivity index is 2.04. The highest BCUT2D eigenvalue weighted by atomic mass is 16.5. The fourth-order valence-electron chi connectivity index (χ4n) is 1.87. The Labute approximate surface area is 122 Å². The van der Waals surface area contributed by atoms with Gasteiger partial charge in [0.15, 0.2) is 11.5 Å². The first-order valence-electron chi connectivity index (χ1n) is 6.28. The molecule has 0 spiro atoms. The summed E-state index contributed by atoms with van der Waals surface area (Å²) in [6, 6.07) is 6.46. The van der Waals surface area contributed by atoms with Crippen LogP contribution in [0.2, 0.25) is 0 Å². The first-order valence-corrected chi connectivity index (χ1v) is 6.28. The third kappa shape index (κ3) is 3.42. The van der Waals surface area contributed by atoms with E-state index in [1.54, 1.807) is 32.0 Å². The quantitative estimate of drug-likeness (QED) is 0.668. The molecule has 0 saturated heterocycles. The smallest absolute Gasteiger partial charge is 0.274 e. The minimum absolute atomic E-state index is 0.00841. The van der Waals surface area contributed by atoms with Crippen LogP contribution in [0.5, 0.6) is 11.5 Å². The van der Waals surface area contributed by atoms with Crippen LogP contribution in [0, 0.1) is 13.8 Å². The van der Waals surface area contributed by atoms with Gasteiger partial charge in [0.2, 0.25) is 0 Å². The number of carbonyl (C=O) groups is 1. The molecule has 0 unspecified atom stereocenters. The zero-order valence-corrected chi connectivity index (χ0v) is 12.0. The van der Waals surface area contributed by atoms with Crippen molar-refractivity contribution in [2.75, 3.05) is 7.11 Å². The molecule has 0 atom stereocenters. The summed E-state index contributed by atoms with van der Waals surface area (Å²) in [6.07, 6.45) is 1.43. The monoisotopic (exact) mass is 288 g/mol. The van der Waals surface area contributed by atoms with E-state index < -0.39 is 0 Å². The van der Waals surface area contributed by atoms with Crippen molar-refractivity contribution in [3.8, 4) is 11.5 Å². The predicted octanol–water partition coefficient (Wildman–Crippen LogP) is 2.37. The highest BCUT2D eigenvalue weighted by Crippen LogP contribution is 2.25. The molecule has 0 aliphatic carbocycles. The van der Waals surface area contributed by atoms with E-state index in [0.29, 0.717) is 28.4 Å². The number of nitrogens with zero attached hydrogens (tertiary/aromatic N) is 1. The van der Waals surface area contributed by atoms with Crippen molar-refractivity contribution < 1.29 is 19.1 Å².